The summed E-state index contributed by atoms with van der Waals surface area (Å²) in [6, 6.07) is 47.6. The minimum Gasteiger partial charge on any atom is -0.388 e. The average Bonchev–Trinajstić information content (AvgIpc) is 3.02. The van der Waals surface area contributed by atoms with E-state index in [1.165, 1.54) is 0 Å². The lowest BCUT2D eigenvalue weighted by Gasteiger charge is -2.28. The fraction of sp³-hybridized carbons (Fsp3) is 0.0882. The van der Waals surface area contributed by atoms with Crippen molar-refractivity contribution in [3.63, 3.8) is 0 Å². The molecule has 0 aromatic heterocycles. The van der Waals surface area contributed by atoms with Crippen molar-refractivity contribution < 1.29 is 18.9 Å². The molecule has 2 atom stereocenters. The minimum atomic E-state index is -3.25. The molecule has 0 aliphatic rings. The van der Waals surface area contributed by atoms with Crippen LogP contribution in [0, 0.1) is 0 Å². The van der Waals surface area contributed by atoms with Gasteiger partial charge < -0.3 is 5.11 Å². The number of benzene rings is 5. The first-order valence-corrected chi connectivity index (χ1v) is 14.5. The third-order valence-electron chi connectivity index (χ3n) is 6.48. The van der Waals surface area contributed by atoms with Gasteiger partial charge in [-0.1, -0.05) is 115 Å². The number of rotatable bonds is 10. The molecule has 0 radical (unpaired) electrons. The van der Waals surface area contributed by atoms with Crippen LogP contribution in [-0.2, 0) is 9.05 Å². The molecule has 5 aromatic rings. The van der Waals surface area contributed by atoms with Gasteiger partial charge in [0.25, 0.3) is 0 Å². The van der Waals surface area contributed by atoms with Crippen molar-refractivity contribution in [2.45, 2.75) is 18.6 Å². The van der Waals surface area contributed by atoms with E-state index < -0.39 is 25.9 Å². The van der Waals surface area contributed by atoms with Crippen LogP contribution < -0.4 is 10.6 Å². The van der Waals surface area contributed by atoms with E-state index in [1.807, 2.05) is 140 Å². The quantitative estimate of drug-likeness (QED) is 0.193. The second-order valence-electron chi connectivity index (χ2n) is 9.13. The Hall–Kier alpha value is -4.08. The molecule has 0 fully saturated rings. The molecule has 0 aliphatic carbocycles. The Morgan fingerprint density at radius 3 is 1.49 bits per heavy atom. The van der Waals surface area contributed by atoms with E-state index in [-0.39, 0.29) is 6.42 Å². The van der Waals surface area contributed by atoms with E-state index >= 15 is 0 Å². The number of hydrogen-bond donors (Lipinski definition) is 1. The summed E-state index contributed by atoms with van der Waals surface area (Å²) in [7, 11) is -3.25. The maximum atomic E-state index is 13.6. The van der Waals surface area contributed by atoms with Crippen LogP contribution in [-0.4, -0.2) is 11.1 Å². The molecule has 4 nitrogen and oxygen atoms in total. The number of carbonyl (C=O) groups excluding carboxylic acids is 1. The second kappa shape index (κ2) is 12.6. The molecular formula is C34H30O4P+. The third kappa shape index (κ3) is 6.32. The van der Waals surface area contributed by atoms with Crippen LogP contribution in [0.5, 0.6) is 0 Å². The summed E-state index contributed by atoms with van der Waals surface area (Å²) in [4.78, 5) is 13.6. The van der Waals surface area contributed by atoms with Crippen molar-refractivity contribution in [1.82, 2.24) is 0 Å². The monoisotopic (exact) mass is 533 g/mol. The van der Waals surface area contributed by atoms with Crippen molar-refractivity contribution in [2.75, 3.05) is 0 Å². The van der Waals surface area contributed by atoms with Crippen molar-refractivity contribution in [2.24, 2.45) is 0 Å². The van der Waals surface area contributed by atoms with Gasteiger partial charge in [0.05, 0.1) is 11.7 Å². The number of aliphatic hydroxyl groups is 1. The Morgan fingerprint density at radius 1 is 0.590 bits per heavy atom. The molecule has 0 bridgehead atoms. The first-order valence-electron chi connectivity index (χ1n) is 12.9. The first-order chi connectivity index (χ1) is 19.2. The zero-order chi connectivity index (χ0) is 26.9. The van der Waals surface area contributed by atoms with Crippen LogP contribution in [0.25, 0.3) is 0 Å². The highest BCUT2D eigenvalue weighted by molar-refractivity contribution is 7.81. The minimum absolute atomic E-state index is 0.276. The van der Waals surface area contributed by atoms with E-state index in [4.69, 9.17) is 9.05 Å². The molecule has 194 valence electrons. The molecule has 0 amide bonds. The summed E-state index contributed by atoms with van der Waals surface area (Å²) in [6.07, 6.45) is -1.08. The van der Waals surface area contributed by atoms with Crippen LogP contribution in [0.4, 0.5) is 0 Å². The number of aliphatic hydroxyl groups excluding tert-OH is 1. The topological polar surface area (TPSA) is 55.8 Å². The molecule has 5 heteroatoms. The molecule has 2 unspecified atom stereocenters. The normalized spacial score (nSPS) is 12.8. The molecule has 39 heavy (non-hydrogen) atoms. The van der Waals surface area contributed by atoms with E-state index in [9.17, 15) is 9.90 Å². The van der Waals surface area contributed by atoms with Crippen molar-refractivity contribution in [3.05, 3.63) is 168 Å². The summed E-state index contributed by atoms with van der Waals surface area (Å²) >= 11 is 0. The third-order valence-corrected chi connectivity index (χ3v) is 9.41. The van der Waals surface area contributed by atoms with Crippen LogP contribution in [0.15, 0.2) is 152 Å². The smallest absolute Gasteiger partial charge is 0.388 e. The molecular weight excluding hydrogens is 503 g/mol. The SMILES string of the molecule is O=C(O[P+](OC(CC(O)c1ccccc1)c1ccccc1)(c1ccccc1)c1ccccc1)c1ccccc1. The van der Waals surface area contributed by atoms with E-state index in [1.54, 1.807) is 12.1 Å². The van der Waals surface area contributed by atoms with E-state index in [0.717, 1.165) is 21.7 Å². The lowest BCUT2D eigenvalue weighted by atomic mass is 9.99. The molecule has 0 spiro atoms. The summed E-state index contributed by atoms with van der Waals surface area (Å²) in [5.74, 6) is -0.466. The predicted octanol–water partition coefficient (Wildman–Crippen LogP) is 7.22. The second-order valence-corrected chi connectivity index (χ2v) is 11.7. The summed E-state index contributed by atoms with van der Waals surface area (Å²) in [6.45, 7) is 0. The van der Waals surface area contributed by atoms with Gasteiger partial charge in [-0.3, -0.25) is 4.52 Å². The average molecular weight is 534 g/mol. The molecule has 1 N–H and O–H groups in total. The predicted molar refractivity (Wildman–Crippen MR) is 157 cm³/mol. The maximum Gasteiger partial charge on any atom is 0.391 e. The van der Waals surface area contributed by atoms with Crippen molar-refractivity contribution in [3.8, 4) is 0 Å². The number of carbonyl (C=O) groups is 1. The zero-order valence-electron chi connectivity index (χ0n) is 21.4. The van der Waals surface area contributed by atoms with Gasteiger partial charge >= 0.3 is 13.7 Å². The molecule has 5 rings (SSSR count). The summed E-state index contributed by atoms with van der Waals surface area (Å²) in [5, 5.41) is 12.8. The van der Waals surface area contributed by atoms with Crippen LogP contribution in [0.2, 0.25) is 0 Å². The van der Waals surface area contributed by atoms with Gasteiger partial charge in [-0.25, -0.2) is 4.79 Å². The van der Waals surface area contributed by atoms with Gasteiger partial charge in [-0.15, -0.1) is 0 Å². The molecule has 0 saturated heterocycles. The lowest BCUT2D eigenvalue weighted by molar-refractivity contribution is 0.0653. The van der Waals surface area contributed by atoms with Gasteiger partial charge in [0.15, 0.2) is 10.6 Å². The van der Waals surface area contributed by atoms with E-state index in [2.05, 4.69) is 0 Å². The van der Waals surface area contributed by atoms with Crippen LogP contribution in [0.3, 0.4) is 0 Å². The van der Waals surface area contributed by atoms with E-state index in [0.29, 0.717) is 5.56 Å². The summed E-state index contributed by atoms with van der Waals surface area (Å²) in [5.41, 5.74) is 2.13. The molecule has 0 saturated carbocycles. The summed E-state index contributed by atoms with van der Waals surface area (Å²) < 4.78 is 13.6. The highest BCUT2D eigenvalue weighted by atomic mass is 31.2. The Labute approximate surface area is 230 Å². The van der Waals surface area contributed by atoms with Gasteiger partial charge in [-0.2, -0.15) is 4.52 Å². The largest absolute Gasteiger partial charge is 0.391 e. The fourth-order valence-corrected chi connectivity index (χ4v) is 7.32. The van der Waals surface area contributed by atoms with Gasteiger partial charge in [0.1, 0.15) is 6.10 Å². The Morgan fingerprint density at radius 2 is 1.00 bits per heavy atom. The van der Waals surface area contributed by atoms with Gasteiger partial charge in [-0.05, 0) is 47.5 Å². The first kappa shape index (κ1) is 26.5. The van der Waals surface area contributed by atoms with Gasteiger partial charge in [0, 0.05) is 6.42 Å². The zero-order valence-corrected chi connectivity index (χ0v) is 22.3. The number of hydrogen-bond acceptors (Lipinski definition) is 4. The Bertz CT molecular complexity index is 1410. The van der Waals surface area contributed by atoms with Crippen molar-refractivity contribution in [1.29, 1.82) is 0 Å². The van der Waals surface area contributed by atoms with Gasteiger partial charge in [0.2, 0.25) is 0 Å². The molecule has 0 aliphatic heterocycles. The molecule has 5 aromatic carbocycles. The Kier molecular flexibility index (Phi) is 8.60. The Balaban J connectivity index is 1.63. The van der Waals surface area contributed by atoms with Crippen LogP contribution >= 0.6 is 7.72 Å². The highest BCUT2D eigenvalue weighted by Crippen LogP contribution is 2.62. The standard InChI is InChI=1S/C34H30O4P/c35-32(27-16-6-1-7-17-27)26-33(28-18-8-2-9-19-28)37-39(30-22-12-4-13-23-30,31-24-14-5-15-25-31)38-34(36)29-20-10-3-11-21-29/h1-25,32-33,35H,26H2/q+1. The maximum absolute atomic E-state index is 13.6. The highest BCUT2D eigenvalue weighted by Gasteiger charge is 2.53. The molecule has 0 heterocycles. The van der Waals surface area contributed by atoms with Crippen molar-refractivity contribution >= 4 is 24.3 Å². The lowest BCUT2D eigenvalue weighted by Crippen LogP contribution is -2.30. The fourth-order valence-electron chi connectivity index (χ4n) is 4.49. The van der Waals surface area contributed by atoms with Crippen LogP contribution in [0.1, 0.15) is 40.1 Å².